The van der Waals surface area contributed by atoms with Crippen LogP contribution < -0.4 is 10.6 Å². The Labute approximate surface area is 127 Å². The summed E-state index contributed by atoms with van der Waals surface area (Å²) < 4.78 is 0. The summed E-state index contributed by atoms with van der Waals surface area (Å²) in [4.78, 5) is 22.4. The minimum absolute atomic E-state index is 0.0664. The predicted molar refractivity (Wildman–Crippen MR) is 83.2 cm³/mol. The maximum atomic E-state index is 11.8. The number of nitrogens with one attached hydrogen (secondary N) is 2. The third-order valence-electron chi connectivity index (χ3n) is 4.59. The number of rotatable bonds is 8. The Morgan fingerprint density at radius 3 is 2.33 bits per heavy atom. The molecule has 2 amide bonds. The van der Waals surface area contributed by atoms with Gasteiger partial charge in [0, 0.05) is 19.5 Å². The molecule has 0 saturated heterocycles. The Balaban J connectivity index is 2.16. The Bertz CT molecular complexity index is 361. The second-order valence-corrected chi connectivity index (χ2v) is 7.44. The van der Waals surface area contributed by atoms with Crippen molar-refractivity contribution in [2.75, 3.05) is 13.1 Å². The number of amides is 2. The number of aliphatic carboxylic acids is 1. The fraction of sp³-hybridized carbons (Fsp3) is 0.875. The van der Waals surface area contributed by atoms with Crippen molar-refractivity contribution in [1.29, 1.82) is 0 Å². The van der Waals surface area contributed by atoms with E-state index in [1.165, 1.54) is 25.7 Å². The van der Waals surface area contributed by atoms with E-state index in [0.29, 0.717) is 13.0 Å². The average Bonchev–Trinajstić information content (AvgIpc) is 2.82. The molecule has 3 N–H and O–H groups in total. The maximum Gasteiger partial charge on any atom is 0.314 e. The van der Waals surface area contributed by atoms with E-state index in [0.717, 1.165) is 13.0 Å². The summed E-state index contributed by atoms with van der Waals surface area (Å²) in [6.07, 6.45) is 6.49. The van der Waals surface area contributed by atoms with Crippen molar-refractivity contribution in [3.63, 3.8) is 0 Å². The number of carbonyl (C=O) groups excluding carboxylic acids is 1. The summed E-state index contributed by atoms with van der Waals surface area (Å²) in [6.45, 7) is 7.62. The summed E-state index contributed by atoms with van der Waals surface area (Å²) in [5.74, 6) is -0.765. The lowest BCUT2D eigenvalue weighted by Crippen LogP contribution is -2.41. The number of carboxylic acid groups (broad SMARTS) is 1. The van der Waals surface area contributed by atoms with Crippen molar-refractivity contribution < 1.29 is 14.7 Å². The second-order valence-electron chi connectivity index (χ2n) is 7.44. The van der Waals surface area contributed by atoms with Crippen LogP contribution >= 0.6 is 0 Å². The van der Waals surface area contributed by atoms with Gasteiger partial charge in [-0.1, -0.05) is 33.6 Å². The van der Waals surface area contributed by atoms with Crippen molar-refractivity contribution in [1.82, 2.24) is 10.6 Å². The molecule has 0 bridgehead atoms. The summed E-state index contributed by atoms with van der Waals surface area (Å²) in [5, 5.41) is 14.5. The number of hydrogen-bond acceptors (Lipinski definition) is 2. The van der Waals surface area contributed by atoms with Crippen molar-refractivity contribution in [2.24, 2.45) is 10.8 Å². The van der Waals surface area contributed by atoms with Crippen LogP contribution in [0.3, 0.4) is 0 Å². The number of hydrogen-bond donors (Lipinski definition) is 3. The highest BCUT2D eigenvalue weighted by molar-refractivity contribution is 5.73. The van der Waals surface area contributed by atoms with E-state index in [1.807, 2.05) is 13.8 Å². The Kier molecular flexibility index (Phi) is 6.49. The van der Waals surface area contributed by atoms with Crippen LogP contribution in [-0.2, 0) is 4.79 Å². The Morgan fingerprint density at radius 1 is 1.14 bits per heavy atom. The first kappa shape index (κ1) is 17.8. The van der Waals surface area contributed by atoms with E-state index in [4.69, 9.17) is 5.11 Å². The molecule has 1 aliphatic carbocycles. The minimum atomic E-state index is -0.765. The minimum Gasteiger partial charge on any atom is -0.481 e. The van der Waals surface area contributed by atoms with Crippen LogP contribution in [0.4, 0.5) is 4.79 Å². The van der Waals surface area contributed by atoms with Crippen LogP contribution in [0.15, 0.2) is 0 Å². The molecule has 0 radical (unpaired) electrons. The number of carbonyl (C=O) groups is 2. The zero-order valence-corrected chi connectivity index (χ0v) is 13.6. The monoisotopic (exact) mass is 298 g/mol. The molecule has 0 aromatic heterocycles. The first-order valence-electron chi connectivity index (χ1n) is 7.96. The molecule has 122 valence electrons. The van der Waals surface area contributed by atoms with Crippen molar-refractivity contribution in [3.05, 3.63) is 0 Å². The van der Waals surface area contributed by atoms with Gasteiger partial charge in [0.2, 0.25) is 0 Å². The fourth-order valence-corrected chi connectivity index (χ4v) is 2.85. The molecule has 0 heterocycles. The topological polar surface area (TPSA) is 78.4 Å². The summed E-state index contributed by atoms with van der Waals surface area (Å²) in [7, 11) is 0. The third-order valence-corrected chi connectivity index (χ3v) is 4.59. The molecule has 5 heteroatoms. The van der Waals surface area contributed by atoms with Crippen LogP contribution in [0.5, 0.6) is 0 Å². The number of urea groups is 1. The van der Waals surface area contributed by atoms with Gasteiger partial charge in [0.1, 0.15) is 0 Å². The normalized spacial score (nSPS) is 17.5. The molecule has 0 aromatic rings. The molecule has 1 saturated carbocycles. The van der Waals surface area contributed by atoms with Crippen molar-refractivity contribution >= 4 is 12.0 Å². The summed E-state index contributed by atoms with van der Waals surface area (Å²) in [5.41, 5.74) is 0.196. The smallest absolute Gasteiger partial charge is 0.314 e. The van der Waals surface area contributed by atoms with Gasteiger partial charge in [-0.2, -0.15) is 0 Å². The largest absolute Gasteiger partial charge is 0.481 e. The van der Waals surface area contributed by atoms with Gasteiger partial charge in [0.05, 0.1) is 0 Å². The molecule has 1 aliphatic rings. The Hall–Kier alpha value is -1.26. The molecule has 0 aromatic carbocycles. The Morgan fingerprint density at radius 2 is 1.76 bits per heavy atom. The van der Waals surface area contributed by atoms with E-state index < -0.39 is 5.97 Å². The molecule has 21 heavy (non-hydrogen) atoms. The molecule has 0 unspecified atom stereocenters. The highest BCUT2D eigenvalue weighted by atomic mass is 16.4. The van der Waals surface area contributed by atoms with Gasteiger partial charge in [-0.25, -0.2) is 4.79 Å². The SMILES string of the molecule is CC(C)(CCNC(=O)NCC1(C)CCCC1)CCC(=O)O. The van der Waals surface area contributed by atoms with Gasteiger partial charge in [-0.15, -0.1) is 0 Å². The summed E-state index contributed by atoms with van der Waals surface area (Å²) >= 11 is 0. The first-order chi connectivity index (χ1) is 9.72. The first-order valence-corrected chi connectivity index (χ1v) is 7.96. The van der Waals surface area contributed by atoms with Crippen LogP contribution in [-0.4, -0.2) is 30.2 Å². The van der Waals surface area contributed by atoms with E-state index >= 15 is 0 Å². The van der Waals surface area contributed by atoms with Crippen LogP contribution in [0.25, 0.3) is 0 Å². The van der Waals surface area contributed by atoms with E-state index in [2.05, 4.69) is 17.6 Å². The lowest BCUT2D eigenvalue weighted by atomic mass is 9.84. The van der Waals surface area contributed by atoms with Crippen LogP contribution in [0.1, 0.15) is 65.7 Å². The van der Waals surface area contributed by atoms with Crippen molar-refractivity contribution in [2.45, 2.75) is 65.7 Å². The van der Waals surface area contributed by atoms with E-state index in [-0.39, 0.29) is 23.3 Å². The quantitative estimate of drug-likeness (QED) is 0.644. The highest BCUT2D eigenvalue weighted by Crippen LogP contribution is 2.36. The van der Waals surface area contributed by atoms with Gasteiger partial charge in [-0.05, 0) is 36.5 Å². The average molecular weight is 298 g/mol. The third kappa shape index (κ3) is 7.34. The molecule has 0 spiro atoms. The molecular weight excluding hydrogens is 268 g/mol. The van der Waals surface area contributed by atoms with Gasteiger partial charge in [0.25, 0.3) is 0 Å². The van der Waals surface area contributed by atoms with Gasteiger partial charge in [0.15, 0.2) is 0 Å². The molecule has 0 atom stereocenters. The number of carboxylic acids is 1. The molecule has 1 fully saturated rings. The van der Waals surface area contributed by atoms with Gasteiger partial charge in [-0.3, -0.25) is 4.79 Å². The zero-order chi connectivity index (χ0) is 15.9. The van der Waals surface area contributed by atoms with Gasteiger partial charge < -0.3 is 15.7 Å². The summed E-state index contributed by atoms with van der Waals surface area (Å²) in [6, 6.07) is -0.114. The van der Waals surface area contributed by atoms with Crippen LogP contribution in [0, 0.1) is 10.8 Å². The fourth-order valence-electron chi connectivity index (χ4n) is 2.85. The highest BCUT2D eigenvalue weighted by Gasteiger charge is 2.28. The maximum absolute atomic E-state index is 11.8. The molecular formula is C16H30N2O3. The lowest BCUT2D eigenvalue weighted by molar-refractivity contribution is -0.137. The van der Waals surface area contributed by atoms with Gasteiger partial charge >= 0.3 is 12.0 Å². The molecule has 0 aliphatic heterocycles. The lowest BCUT2D eigenvalue weighted by Gasteiger charge is -2.25. The standard InChI is InChI=1S/C16H30N2O3/c1-15(2,9-6-13(19)20)10-11-17-14(21)18-12-16(3)7-4-5-8-16/h4-12H2,1-3H3,(H,19,20)(H2,17,18,21). The predicted octanol–water partition coefficient (Wildman–Crippen LogP) is 3.15. The second kappa shape index (κ2) is 7.66. The van der Waals surface area contributed by atoms with E-state index in [1.54, 1.807) is 0 Å². The van der Waals surface area contributed by atoms with Crippen molar-refractivity contribution in [3.8, 4) is 0 Å². The zero-order valence-electron chi connectivity index (χ0n) is 13.6. The molecule has 5 nitrogen and oxygen atoms in total. The van der Waals surface area contributed by atoms with E-state index in [9.17, 15) is 9.59 Å². The van der Waals surface area contributed by atoms with Crippen LogP contribution in [0.2, 0.25) is 0 Å². The molecule has 1 rings (SSSR count).